The van der Waals surface area contributed by atoms with E-state index >= 15 is 0 Å². The van der Waals surface area contributed by atoms with E-state index in [2.05, 4.69) is 0 Å². The van der Waals surface area contributed by atoms with Crippen molar-refractivity contribution in [3.05, 3.63) is 29.8 Å². The summed E-state index contributed by atoms with van der Waals surface area (Å²) in [5.74, 6) is -0.0848. The van der Waals surface area contributed by atoms with E-state index in [9.17, 15) is 13.2 Å². The highest BCUT2D eigenvalue weighted by Crippen LogP contribution is 2.29. The molecule has 0 bridgehead atoms. The van der Waals surface area contributed by atoms with Crippen LogP contribution in [0.25, 0.3) is 0 Å². The number of ether oxygens (including phenoxy) is 1. The average molecular weight is 251 g/mol. The SMILES string of the molecule is Nc1ccc(COCCSC(F)(F)F)cc1. The second kappa shape index (κ2) is 6.00. The first-order chi connectivity index (χ1) is 7.47. The highest BCUT2D eigenvalue weighted by Gasteiger charge is 2.27. The predicted molar refractivity (Wildman–Crippen MR) is 59.0 cm³/mol. The average Bonchev–Trinajstić information content (AvgIpc) is 2.19. The Bertz CT molecular complexity index is 313. The molecular weight excluding hydrogens is 239 g/mol. The quantitative estimate of drug-likeness (QED) is 0.645. The molecule has 1 aromatic rings. The van der Waals surface area contributed by atoms with Gasteiger partial charge in [0.05, 0.1) is 13.2 Å². The lowest BCUT2D eigenvalue weighted by molar-refractivity contribution is -0.0332. The highest BCUT2D eigenvalue weighted by atomic mass is 32.2. The molecule has 0 atom stereocenters. The first-order valence-corrected chi connectivity index (χ1v) is 5.59. The molecule has 6 heteroatoms. The van der Waals surface area contributed by atoms with Crippen molar-refractivity contribution in [2.45, 2.75) is 12.1 Å². The summed E-state index contributed by atoms with van der Waals surface area (Å²) in [5, 5.41) is 0. The van der Waals surface area contributed by atoms with Crippen LogP contribution < -0.4 is 5.73 Å². The molecule has 0 saturated carbocycles. The summed E-state index contributed by atoms with van der Waals surface area (Å²) in [5.41, 5.74) is 2.85. The summed E-state index contributed by atoms with van der Waals surface area (Å²) in [6, 6.07) is 7.02. The lowest BCUT2D eigenvalue weighted by Crippen LogP contribution is -2.05. The molecule has 0 saturated heterocycles. The van der Waals surface area contributed by atoms with Crippen LogP contribution in [0.2, 0.25) is 0 Å². The van der Waals surface area contributed by atoms with Gasteiger partial charge in [-0.15, -0.1) is 0 Å². The van der Waals surface area contributed by atoms with Crippen LogP contribution in [-0.2, 0) is 11.3 Å². The van der Waals surface area contributed by atoms with E-state index in [4.69, 9.17) is 10.5 Å². The lowest BCUT2D eigenvalue weighted by atomic mass is 10.2. The number of hydrogen-bond acceptors (Lipinski definition) is 3. The minimum atomic E-state index is -4.18. The first-order valence-electron chi connectivity index (χ1n) is 4.60. The number of rotatable bonds is 5. The molecule has 2 N–H and O–H groups in total. The molecule has 1 aromatic carbocycles. The molecule has 0 amide bonds. The van der Waals surface area contributed by atoms with Crippen LogP contribution in [0.5, 0.6) is 0 Å². The maximum atomic E-state index is 11.7. The van der Waals surface area contributed by atoms with Gasteiger partial charge < -0.3 is 10.5 Å². The summed E-state index contributed by atoms with van der Waals surface area (Å²) in [4.78, 5) is 0. The molecule has 0 spiro atoms. The Hall–Kier alpha value is -0.880. The summed E-state index contributed by atoms with van der Waals surface area (Å²) >= 11 is -0.0738. The van der Waals surface area contributed by atoms with Crippen molar-refractivity contribution in [1.29, 1.82) is 0 Å². The Labute approximate surface area is 96.0 Å². The third-order valence-corrected chi connectivity index (χ3v) is 2.44. The molecule has 0 aromatic heterocycles. The van der Waals surface area contributed by atoms with Crippen LogP contribution in [0.1, 0.15) is 5.56 Å². The number of nitrogen functional groups attached to an aromatic ring is 1. The van der Waals surface area contributed by atoms with E-state index in [1.807, 2.05) is 0 Å². The first kappa shape index (κ1) is 13.2. The van der Waals surface area contributed by atoms with Gasteiger partial charge in [-0.3, -0.25) is 0 Å². The maximum Gasteiger partial charge on any atom is 0.441 e. The van der Waals surface area contributed by atoms with Crippen molar-refractivity contribution in [3.8, 4) is 0 Å². The van der Waals surface area contributed by atoms with Gasteiger partial charge in [0.2, 0.25) is 0 Å². The van der Waals surface area contributed by atoms with Gasteiger partial charge in [0.1, 0.15) is 0 Å². The number of alkyl halides is 3. The molecule has 90 valence electrons. The van der Waals surface area contributed by atoms with Gasteiger partial charge in [0.25, 0.3) is 0 Å². The predicted octanol–water partition coefficient (Wildman–Crippen LogP) is 3.04. The summed E-state index contributed by atoms with van der Waals surface area (Å²) in [7, 11) is 0. The van der Waals surface area contributed by atoms with Gasteiger partial charge in [-0.1, -0.05) is 12.1 Å². The van der Waals surface area contributed by atoms with Crippen LogP contribution in [-0.4, -0.2) is 17.9 Å². The van der Waals surface area contributed by atoms with E-state index in [1.165, 1.54) is 0 Å². The smallest absolute Gasteiger partial charge is 0.399 e. The monoisotopic (exact) mass is 251 g/mol. The maximum absolute atomic E-state index is 11.7. The second-order valence-electron chi connectivity index (χ2n) is 3.09. The fourth-order valence-electron chi connectivity index (χ4n) is 1.02. The lowest BCUT2D eigenvalue weighted by Gasteiger charge is -2.06. The fraction of sp³-hybridized carbons (Fsp3) is 0.400. The van der Waals surface area contributed by atoms with Gasteiger partial charge in [0.15, 0.2) is 0 Å². The van der Waals surface area contributed by atoms with Crippen LogP contribution >= 0.6 is 11.8 Å². The van der Waals surface area contributed by atoms with E-state index in [-0.39, 0.29) is 24.1 Å². The summed E-state index contributed by atoms with van der Waals surface area (Å²) in [6.07, 6.45) is 0. The number of hydrogen-bond donors (Lipinski definition) is 1. The van der Waals surface area contributed by atoms with Crippen LogP contribution in [0, 0.1) is 0 Å². The minimum absolute atomic E-state index is 0.0738. The van der Waals surface area contributed by atoms with E-state index in [0.717, 1.165) is 5.56 Å². The number of anilines is 1. The summed E-state index contributed by atoms with van der Waals surface area (Å²) < 4.78 is 40.3. The van der Waals surface area contributed by atoms with Crippen molar-refractivity contribution < 1.29 is 17.9 Å². The molecule has 1 rings (SSSR count). The Morgan fingerprint density at radius 3 is 2.38 bits per heavy atom. The van der Waals surface area contributed by atoms with Crippen LogP contribution in [0.15, 0.2) is 24.3 Å². The second-order valence-corrected chi connectivity index (χ2v) is 4.25. The Morgan fingerprint density at radius 1 is 1.19 bits per heavy atom. The van der Waals surface area contributed by atoms with Crippen LogP contribution in [0.3, 0.4) is 0 Å². The van der Waals surface area contributed by atoms with E-state index in [1.54, 1.807) is 24.3 Å². The number of halogens is 3. The standard InChI is InChI=1S/C10H12F3NOS/c11-10(12,13)16-6-5-15-7-8-1-3-9(14)4-2-8/h1-4H,5-7,14H2. The summed E-state index contributed by atoms with van der Waals surface area (Å²) in [6.45, 7) is 0.382. The zero-order valence-electron chi connectivity index (χ0n) is 8.46. The Kier molecular flexibility index (Phi) is 4.95. The largest absolute Gasteiger partial charge is 0.441 e. The molecule has 0 aliphatic heterocycles. The molecule has 0 fully saturated rings. The van der Waals surface area contributed by atoms with Gasteiger partial charge in [-0.25, -0.2) is 0 Å². The zero-order chi connectivity index (χ0) is 12.0. The number of thioether (sulfide) groups is 1. The number of nitrogens with two attached hydrogens (primary N) is 1. The third kappa shape index (κ3) is 5.87. The molecule has 0 aliphatic carbocycles. The van der Waals surface area contributed by atoms with Gasteiger partial charge >= 0.3 is 5.51 Å². The third-order valence-electron chi connectivity index (χ3n) is 1.74. The van der Waals surface area contributed by atoms with Crippen LogP contribution in [0.4, 0.5) is 18.9 Å². The number of benzene rings is 1. The van der Waals surface area contributed by atoms with E-state index < -0.39 is 5.51 Å². The zero-order valence-corrected chi connectivity index (χ0v) is 9.27. The van der Waals surface area contributed by atoms with Crippen molar-refractivity contribution >= 4 is 17.4 Å². The Morgan fingerprint density at radius 2 is 1.81 bits per heavy atom. The van der Waals surface area contributed by atoms with Crippen molar-refractivity contribution in [2.24, 2.45) is 0 Å². The molecule has 0 heterocycles. The molecule has 0 radical (unpaired) electrons. The molecule has 16 heavy (non-hydrogen) atoms. The van der Waals surface area contributed by atoms with Crippen molar-refractivity contribution in [2.75, 3.05) is 18.1 Å². The van der Waals surface area contributed by atoms with E-state index in [0.29, 0.717) is 12.3 Å². The van der Waals surface area contributed by atoms with Crippen molar-refractivity contribution in [3.63, 3.8) is 0 Å². The van der Waals surface area contributed by atoms with Gasteiger partial charge in [0, 0.05) is 11.4 Å². The highest BCUT2D eigenvalue weighted by molar-refractivity contribution is 8.00. The Balaban J connectivity index is 2.14. The topological polar surface area (TPSA) is 35.2 Å². The van der Waals surface area contributed by atoms with Crippen molar-refractivity contribution in [1.82, 2.24) is 0 Å². The normalized spacial score (nSPS) is 11.7. The molecule has 0 aliphatic rings. The van der Waals surface area contributed by atoms with Gasteiger partial charge in [-0.2, -0.15) is 13.2 Å². The molecular formula is C10H12F3NOS. The fourth-order valence-corrected chi connectivity index (χ4v) is 1.45. The minimum Gasteiger partial charge on any atom is -0.399 e. The molecule has 2 nitrogen and oxygen atoms in total. The molecule has 0 unspecified atom stereocenters. The van der Waals surface area contributed by atoms with Gasteiger partial charge in [-0.05, 0) is 29.5 Å².